The van der Waals surface area contributed by atoms with Crippen LogP contribution in [-0.2, 0) is 0 Å². The molecule has 0 unspecified atom stereocenters. The van der Waals surface area contributed by atoms with Crippen LogP contribution in [0.25, 0.3) is 0 Å². The summed E-state index contributed by atoms with van der Waals surface area (Å²) in [4.78, 5) is 17.5. The van der Waals surface area contributed by atoms with Crippen LogP contribution in [0.15, 0.2) is 0 Å². The number of hydrogen-bond acceptors (Lipinski definition) is 5. The molecule has 1 aliphatic rings. The molecule has 106 valence electrons. The summed E-state index contributed by atoms with van der Waals surface area (Å²) in [6, 6.07) is 0. The van der Waals surface area contributed by atoms with Crippen molar-refractivity contribution < 1.29 is 4.79 Å². The summed E-state index contributed by atoms with van der Waals surface area (Å²) in [5.41, 5.74) is 0.831. The zero-order valence-electron chi connectivity index (χ0n) is 11.3. The monoisotopic (exact) mass is 346 g/mol. The highest BCUT2D eigenvalue weighted by Gasteiger charge is 2.26. The van der Waals surface area contributed by atoms with Gasteiger partial charge in [-0.1, -0.05) is 34.3 Å². The average molecular weight is 347 g/mol. The molecular formula is C12H19BrN4OS. The van der Waals surface area contributed by atoms with Crippen LogP contribution in [0.3, 0.4) is 0 Å². The Morgan fingerprint density at radius 1 is 1.37 bits per heavy atom. The van der Waals surface area contributed by atoms with Crippen molar-refractivity contribution in [3.63, 3.8) is 0 Å². The lowest BCUT2D eigenvalue weighted by Gasteiger charge is -2.34. The first-order chi connectivity index (χ1) is 9.13. The molecule has 1 amide bonds. The van der Waals surface area contributed by atoms with Crippen LogP contribution >= 0.6 is 27.5 Å². The maximum absolute atomic E-state index is 12.5. The average Bonchev–Trinajstić information content (AvgIpc) is 2.88. The molecule has 0 saturated carbocycles. The van der Waals surface area contributed by atoms with Gasteiger partial charge in [-0.05, 0) is 17.5 Å². The van der Waals surface area contributed by atoms with Gasteiger partial charge in [0.1, 0.15) is 4.88 Å². The van der Waals surface area contributed by atoms with E-state index < -0.39 is 0 Å². The third-order valence-electron chi connectivity index (χ3n) is 3.31. The third-order valence-corrected chi connectivity index (χ3v) is 4.40. The lowest BCUT2D eigenvalue weighted by molar-refractivity contribution is 0.0648. The van der Waals surface area contributed by atoms with E-state index in [1.165, 1.54) is 11.5 Å². The number of hydrogen-bond donors (Lipinski definition) is 0. The number of halogens is 1. The number of rotatable bonds is 4. The molecule has 19 heavy (non-hydrogen) atoms. The van der Waals surface area contributed by atoms with E-state index in [-0.39, 0.29) is 11.8 Å². The number of alkyl halides is 1. The lowest BCUT2D eigenvalue weighted by Crippen LogP contribution is -2.49. The quantitative estimate of drug-likeness (QED) is 0.780. The summed E-state index contributed by atoms with van der Waals surface area (Å²) >= 11 is 4.67. The fraction of sp³-hybridized carbons (Fsp3) is 0.750. The van der Waals surface area contributed by atoms with Gasteiger partial charge in [-0.25, -0.2) is 0 Å². The summed E-state index contributed by atoms with van der Waals surface area (Å²) in [5.74, 6) is 0.338. The highest BCUT2D eigenvalue weighted by atomic mass is 79.9. The lowest BCUT2D eigenvalue weighted by atomic mass is 10.1. The van der Waals surface area contributed by atoms with E-state index in [4.69, 9.17) is 0 Å². The predicted molar refractivity (Wildman–Crippen MR) is 80.1 cm³/mol. The number of nitrogens with zero attached hydrogens (tertiary/aromatic N) is 4. The molecule has 1 aliphatic heterocycles. The van der Waals surface area contributed by atoms with E-state index in [9.17, 15) is 4.79 Å². The summed E-state index contributed by atoms with van der Waals surface area (Å²) in [6.07, 6.45) is 0. The van der Waals surface area contributed by atoms with E-state index in [1.807, 2.05) is 18.7 Å². The first-order valence-electron chi connectivity index (χ1n) is 6.53. The number of carbonyl (C=O) groups excluding carboxylic acids is 1. The minimum atomic E-state index is 0.0946. The van der Waals surface area contributed by atoms with Crippen molar-refractivity contribution in [1.82, 2.24) is 19.4 Å². The van der Waals surface area contributed by atoms with Crippen molar-refractivity contribution in [3.05, 3.63) is 10.6 Å². The van der Waals surface area contributed by atoms with Gasteiger partial charge in [0.25, 0.3) is 5.91 Å². The van der Waals surface area contributed by atoms with Gasteiger partial charge < -0.3 is 4.90 Å². The van der Waals surface area contributed by atoms with E-state index >= 15 is 0 Å². The van der Waals surface area contributed by atoms with Crippen LogP contribution in [0.5, 0.6) is 0 Å². The number of amides is 1. The Morgan fingerprint density at radius 3 is 2.63 bits per heavy atom. The van der Waals surface area contributed by atoms with Crippen LogP contribution in [0, 0.1) is 0 Å². The molecule has 2 heterocycles. The minimum absolute atomic E-state index is 0.0946. The molecule has 1 aromatic rings. The molecule has 0 spiro atoms. The van der Waals surface area contributed by atoms with Crippen molar-refractivity contribution in [1.29, 1.82) is 0 Å². The second-order valence-corrected chi connectivity index (χ2v) is 6.51. The minimum Gasteiger partial charge on any atom is -0.335 e. The summed E-state index contributed by atoms with van der Waals surface area (Å²) in [6.45, 7) is 8.61. The molecule has 2 rings (SSSR count). The van der Waals surface area contributed by atoms with Gasteiger partial charge >= 0.3 is 0 Å². The van der Waals surface area contributed by atoms with Crippen LogP contribution in [0.4, 0.5) is 0 Å². The van der Waals surface area contributed by atoms with Crippen molar-refractivity contribution in [3.8, 4) is 0 Å². The molecule has 0 aromatic carbocycles. The van der Waals surface area contributed by atoms with Gasteiger partial charge in [0, 0.05) is 38.1 Å². The molecule has 1 aromatic heterocycles. The number of carbonyl (C=O) groups is 1. The zero-order chi connectivity index (χ0) is 13.8. The third kappa shape index (κ3) is 3.52. The van der Waals surface area contributed by atoms with Crippen LogP contribution in [0.2, 0.25) is 0 Å². The zero-order valence-corrected chi connectivity index (χ0v) is 13.7. The molecule has 0 radical (unpaired) electrons. The molecular weight excluding hydrogens is 328 g/mol. The Balaban J connectivity index is 1.99. The molecule has 1 fully saturated rings. The van der Waals surface area contributed by atoms with E-state index in [0.29, 0.717) is 4.88 Å². The molecule has 0 aliphatic carbocycles. The Hall–Kier alpha value is -0.530. The first kappa shape index (κ1) is 14.9. The topological polar surface area (TPSA) is 49.3 Å². The molecule has 5 nitrogen and oxygen atoms in total. The van der Waals surface area contributed by atoms with Gasteiger partial charge in [0.2, 0.25) is 0 Å². The van der Waals surface area contributed by atoms with Crippen molar-refractivity contribution in [2.45, 2.75) is 19.8 Å². The van der Waals surface area contributed by atoms with Crippen molar-refractivity contribution in [2.75, 3.05) is 38.1 Å². The largest absolute Gasteiger partial charge is 0.335 e. The standard InChI is InChI=1S/C12H19BrN4OS/c1-9(2)10-11(19-15-14-10)12(18)17-7-5-16(4-3-13)6-8-17/h9H,3-8H2,1-2H3. The normalized spacial score (nSPS) is 17.2. The van der Waals surface area contributed by atoms with E-state index in [2.05, 4.69) is 30.4 Å². The van der Waals surface area contributed by atoms with Gasteiger partial charge in [-0.2, -0.15) is 0 Å². The first-order valence-corrected chi connectivity index (χ1v) is 8.42. The number of aromatic nitrogens is 2. The van der Waals surface area contributed by atoms with Crippen LogP contribution in [-0.4, -0.2) is 63.3 Å². The van der Waals surface area contributed by atoms with Crippen molar-refractivity contribution in [2.24, 2.45) is 0 Å². The summed E-state index contributed by atoms with van der Waals surface area (Å²) in [7, 11) is 0. The predicted octanol–water partition coefficient (Wildman–Crippen LogP) is 1.81. The molecule has 0 N–H and O–H groups in total. The van der Waals surface area contributed by atoms with Crippen LogP contribution in [0.1, 0.15) is 35.1 Å². The molecule has 1 saturated heterocycles. The Kier molecular flexibility index (Phi) is 5.29. The van der Waals surface area contributed by atoms with Gasteiger partial charge in [-0.3, -0.25) is 9.69 Å². The second kappa shape index (κ2) is 6.76. The SMILES string of the molecule is CC(C)c1nnsc1C(=O)N1CCN(CCBr)CC1. The molecule has 0 atom stereocenters. The summed E-state index contributed by atoms with van der Waals surface area (Å²) < 4.78 is 3.93. The maximum atomic E-state index is 12.5. The van der Waals surface area contributed by atoms with Gasteiger partial charge in [0.05, 0.1) is 5.69 Å². The highest BCUT2D eigenvalue weighted by molar-refractivity contribution is 9.09. The fourth-order valence-electron chi connectivity index (χ4n) is 2.16. The van der Waals surface area contributed by atoms with Crippen LogP contribution < -0.4 is 0 Å². The summed E-state index contributed by atoms with van der Waals surface area (Å²) in [5, 5.41) is 5.06. The Labute approximate surface area is 126 Å². The smallest absolute Gasteiger partial charge is 0.267 e. The van der Waals surface area contributed by atoms with Crippen molar-refractivity contribution >= 4 is 33.4 Å². The molecule has 0 bridgehead atoms. The van der Waals surface area contributed by atoms with E-state index in [1.54, 1.807) is 0 Å². The maximum Gasteiger partial charge on any atom is 0.267 e. The Bertz CT molecular complexity index is 429. The van der Waals surface area contributed by atoms with Gasteiger partial charge in [-0.15, -0.1) is 5.10 Å². The van der Waals surface area contributed by atoms with Gasteiger partial charge in [0.15, 0.2) is 0 Å². The highest BCUT2D eigenvalue weighted by Crippen LogP contribution is 2.21. The Morgan fingerprint density at radius 2 is 2.05 bits per heavy atom. The second-order valence-electron chi connectivity index (χ2n) is 4.96. The fourth-order valence-corrected chi connectivity index (χ4v) is 3.45. The number of piperazine rings is 1. The molecule has 7 heteroatoms. The van der Waals surface area contributed by atoms with E-state index in [0.717, 1.165) is 43.7 Å².